The second-order valence-electron chi connectivity index (χ2n) is 5.55. The molecule has 1 aliphatic rings. The van der Waals surface area contributed by atoms with Gasteiger partial charge in [0.15, 0.2) is 9.84 Å². The highest BCUT2D eigenvalue weighted by atomic mass is 32.2. The Morgan fingerprint density at radius 3 is 2.52 bits per heavy atom. The number of nitrogens with one attached hydrogen (secondary N) is 1. The quantitative estimate of drug-likeness (QED) is 0.815. The highest BCUT2D eigenvalue weighted by Gasteiger charge is 2.33. The van der Waals surface area contributed by atoms with E-state index >= 15 is 0 Å². The van der Waals surface area contributed by atoms with Crippen molar-refractivity contribution in [2.75, 3.05) is 36.5 Å². The van der Waals surface area contributed by atoms with Crippen LogP contribution in [-0.4, -0.2) is 56.5 Å². The van der Waals surface area contributed by atoms with E-state index in [-0.39, 0.29) is 30.0 Å². The van der Waals surface area contributed by atoms with Crippen LogP contribution >= 0.6 is 0 Å². The summed E-state index contributed by atoms with van der Waals surface area (Å²) < 4.78 is 28.5. The van der Waals surface area contributed by atoms with Gasteiger partial charge in [0.2, 0.25) is 5.91 Å². The number of anilines is 1. The van der Waals surface area contributed by atoms with Crippen molar-refractivity contribution in [1.29, 1.82) is 0 Å². The van der Waals surface area contributed by atoms with Crippen molar-refractivity contribution < 1.29 is 17.9 Å². The maximum atomic E-state index is 12.4. The Morgan fingerprint density at radius 1 is 1.30 bits per heavy atom. The maximum Gasteiger partial charge on any atom is 0.242 e. The van der Waals surface area contributed by atoms with Gasteiger partial charge in [-0.2, -0.15) is 0 Å². The molecular formula is C16H24N2O4S. The molecule has 0 radical (unpaired) electrons. The molecule has 7 heteroatoms. The molecule has 0 aromatic heterocycles. The van der Waals surface area contributed by atoms with E-state index in [1.54, 1.807) is 4.90 Å². The molecular weight excluding hydrogens is 316 g/mol. The van der Waals surface area contributed by atoms with Crippen molar-refractivity contribution in [3.63, 3.8) is 0 Å². The zero-order valence-electron chi connectivity index (χ0n) is 13.6. The average molecular weight is 340 g/mol. The summed E-state index contributed by atoms with van der Waals surface area (Å²) in [6, 6.07) is 7.21. The zero-order chi connectivity index (χ0) is 16.9. The van der Waals surface area contributed by atoms with Crippen LogP contribution in [0, 0.1) is 0 Å². The number of carbonyl (C=O) groups excluding carboxylic acids is 1. The van der Waals surface area contributed by atoms with Crippen molar-refractivity contribution >= 4 is 21.4 Å². The lowest BCUT2D eigenvalue weighted by Crippen LogP contribution is -2.43. The molecule has 0 spiro atoms. The van der Waals surface area contributed by atoms with Crippen LogP contribution in [0.4, 0.5) is 5.69 Å². The van der Waals surface area contributed by atoms with Crippen molar-refractivity contribution in [3.8, 4) is 5.75 Å². The van der Waals surface area contributed by atoms with Gasteiger partial charge >= 0.3 is 0 Å². The lowest BCUT2D eigenvalue weighted by molar-refractivity contribution is -0.130. The smallest absolute Gasteiger partial charge is 0.242 e. The number of carbonyl (C=O) groups is 1. The largest absolute Gasteiger partial charge is 0.494 e. The average Bonchev–Trinajstić information content (AvgIpc) is 2.87. The molecule has 23 heavy (non-hydrogen) atoms. The van der Waals surface area contributed by atoms with Gasteiger partial charge in [-0.15, -0.1) is 0 Å². The van der Waals surface area contributed by atoms with Crippen LogP contribution in [0.2, 0.25) is 0 Å². The van der Waals surface area contributed by atoms with E-state index in [0.29, 0.717) is 19.6 Å². The van der Waals surface area contributed by atoms with Gasteiger partial charge in [0.05, 0.1) is 24.7 Å². The molecule has 1 heterocycles. The molecule has 1 aromatic carbocycles. The predicted octanol–water partition coefficient (Wildman–Crippen LogP) is 1.53. The number of amides is 1. The normalized spacial score (nSPS) is 19.3. The summed E-state index contributed by atoms with van der Waals surface area (Å²) in [5, 5.41) is 3.08. The number of likely N-dealkylation sites (N-methyl/N-ethyl adjacent to an activating group) is 1. The second kappa shape index (κ2) is 7.68. The molecule has 1 amide bonds. The van der Waals surface area contributed by atoms with Crippen molar-refractivity contribution in [2.24, 2.45) is 0 Å². The maximum absolute atomic E-state index is 12.4. The molecule has 6 nitrogen and oxygen atoms in total. The first-order chi connectivity index (χ1) is 10.9. The van der Waals surface area contributed by atoms with Crippen molar-refractivity contribution in [3.05, 3.63) is 24.3 Å². The predicted molar refractivity (Wildman–Crippen MR) is 90.5 cm³/mol. The van der Waals surface area contributed by atoms with E-state index in [4.69, 9.17) is 4.74 Å². The fourth-order valence-electron chi connectivity index (χ4n) is 2.77. The number of ether oxygens (including phenoxy) is 1. The topological polar surface area (TPSA) is 75.7 Å². The Bertz CT molecular complexity index is 628. The van der Waals surface area contributed by atoms with Gasteiger partial charge in [0.25, 0.3) is 0 Å². The lowest BCUT2D eigenvalue weighted by Gasteiger charge is -2.27. The Morgan fingerprint density at radius 2 is 2.00 bits per heavy atom. The number of benzene rings is 1. The van der Waals surface area contributed by atoms with Crippen LogP contribution < -0.4 is 10.1 Å². The molecule has 1 unspecified atom stereocenters. The molecule has 0 aliphatic carbocycles. The minimum absolute atomic E-state index is 0.0790. The summed E-state index contributed by atoms with van der Waals surface area (Å²) >= 11 is 0. The van der Waals surface area contributed by atoms with E-state index in [1.165, 1.54) is 0 Å². The Kier molecular flexibility index (Phi) is 5.87. The van der Waals surface area contributed by atoms with E-state index in [9.17, 15) is 13.2 Å². The van der Waals surface area contributed by atoms with Gasteiger partial charge in [0, 0.05) is 18.3 Å². The third-order valence-electron chi connectivity index (χ3n) is 3.92. The first kappa shape index (κ1) is 17.6. The standard InChI is InChI=1S/C16H24N2O4S/c1-3-18(14-9-10-23(20,21)12-14)16(19)11-17-13-5-7-15(8-6-13)22-4-2/h5-8,14,17H,3-4,9-12H2,1-2H3. The zero-order valence-corrected chi connectivity index (χ0v) is 14.4. The number of sulfone groups is 1. The lowest BCUT2D eigenvalue weighted by atomic mass is 10.2. The van der Waals surface area contributed by atoms with Crippen molar-refractivity contribution in [1.82, 2.24) is 4.90 Å². The summed E-state index contributed by atoms with van der Waals surface area (Å²) in [7, 11) is -2.99. The van der Waals surface area contributed by atoms with Crippen LogP contribution in [0.3, 0.4) is 0 Å². The highest BCUT2D eigenvalue weighted by Crippen LogP contribution is 2.19. The van der Waals surface area contributed by atoms with E-state index < -0.39 is 9.84 Å². The van der Waals surface area contributed by atoms with Gasteiger partial charge in [-0.25, -0.2) is 8.42 Å². The fraction of sp³-hybridized carbons (Fsp3) is 0.562. The number of hydrogen-bond acceptors (Lipinski definition) is 5. The Hall–Kier alpha value is -1.76. The Balaban J connectivity index is 1.89. The molecule has 1 N–H and O–H groups in total. The fourth-order valence-corrected chi connectivity index (χ4v) is 4.50. The molecule has 2 rings (SSSR count). The summed E-state index contributed by atoms with van der Waals surface area (Å²) in [6.45, 7) is 5.08. The summed E-state index contributed by atoms with van der Waals surface area (Å²) in [6.07, 6.45) is 0.533. The van der Waals surface area contributed by atoms with E-state index in [2.05, 4.69) is 5.32 Å². The van der Waals surface area contributed by atoms with Crippen LogP contribution in [0.5, 0.6) is 5.75 Å². The van der Waals surface area contributed by atoms with Crippen LogP contribution in [0.15, 0.2) is 24.3 Å². The monoisotopic (exact) mass is 340 g/mol. The van der Waals surface area contributed by atoms with Gasteiger partial charge in [-0.3, -0.25) is 4.79 Å². The van der Waals surface area contributed by atoms with Gasteiger partial charge in [-0.05, 0) is 44.5 Å². The third kappa shape index (κ3) is 4.86. The summed E-state index contributed by atoms with van der Waals surface area (Å²) in [5.41, 5.74) is 0.830. The second-order valence-corrected chi connectivity index (χ2v) is 7.78. The van der Waals surface area contributed by atoms with Crippen LogP contribution in [-0.2, 0) is 14.6 Å². The molecule has 1 atom stereocenters. The van der Waals surface area contributed by atoms with Gasteiger partial charge < -0.3 is 15.0 Å². The number of nitrogens with zero attached hydrogens (tertiary/aromatic N) is 1. The molecule has 128 valence electrons. The van der Waals surface area contributed by atoms with Gasteiger partial charge in [0.1, 0.15) is 5.75 Å². The van der Waals surface area contributed by atoms with Crippen LogP contribution in [0.25, 0.3) is 0 Å². The molecule has 1 saturated heterocycles. The molecule has 0 bridgehead atoms. The highest BCUT2D eigenvalue weighted by molar-refractivity contribution is 7.91. The third-order valence-corrected chi connectivity index (χ3v) is 5.67. The first-order valence-electron chi connectivity index (χ1n) is 7.91. The molecule has 0 saturated carbocycles. The summed E-state index contributed by atoms with van der Waals surface area (Å²) in [5.74, 6) is 0.961. The minimum atomic E-state index is -2.99. The van der Waals surface area contributed by atoms with Crippen LogP contribution in [0.1, 0.15) is 20.3 Å². The number of rotatable bonds is 7. The SMILES string of the molecule is CCOc1ccc(NCC(=O)N(CC)C2CCS(=O)(=O)C2)cc1. The summed E-state index contributed by atoms with van der Waals surface area (Å²) in [4.78, 5) is 14.0. The molecule has 1 aliphatic heterocycles. The molecule has 1 aromatic rings. The Labute approximate surface area is 137 Å². The minimum Gasteiger partial charge on any atom is -0.494 e. The number of hydrogen-bond donors (Lipinski definition) is 1. The van der Waals surface area contributed by atoms with E-state index in [0.717, 1.165) is 11.4 Å². The first-order valence-corrected chi connectivity index (χ1v) is 9.74. The van der Waals surface area contributed by atoms with Gasteiger partial charge in [-0.1, -0.05) is 0 Å². The van der Waals surface area contributed by atoms with E-state index in [1.807, 2.05) is 38.1 Å². The van der Waals surface area contributed by atoms with Crippen molar-refractivity contribution in [2.45, 2.75) is 26.3 Å². The molecule has 1 fully saturated rings.